The highest BCUT2D eigenvalue weighted by atomic mass is 32.1. The summed E-state index contributed by atoms with van der Waals surface area (Å²) in [7, 11) is 0. The number of aromatic nitrogens is 2. The van der Waals surface area contributed by atoms with E-state index in [0.717, 1.165) is 21.5 Å². The van der Waals surface area contributed by atoms with Gasteiger partial charge in [-0.05, 0) is 43.7 Å². The lowest BCUT2D eigenvalue weighted by molar-refractivity contribution is -0.141. The van der Waals surface area contributed by atoms with Gasteiger partial charge in [-0.3, -0.25) is 4.79 Å². The number of carbonyl (C=O) groups excluding carboxylic acids is 1. The van der Waals surface area contributed by atoms with Crippen LogP contribution < -0.4 is 5.32 Å². The average Bonchev–Trinajstić information content (AvgIpc) is 3.33. The fourth-order valence-electron chi connectivity index (χ4n) is 4.82. The highest BCUT2D eigenvalue weighted by molar-refractivity contribution is 7.15. The van der Waals surface area contributed by atoms with Crippen molar-refractivity contribution >= 4 is 28.2 Å². The van der Waals surface area contributed by atoms with E-state index in [9.17, 15) is 4.79 Å². The van der Waals surface area contributed by atoms with E-state index in [4.69, 9.17) is 9.72 Å². The molecule has 1 aliphatic heterocycles. The molecule has 3 atom stereocenters. The smallest absolute Gasteiger partial charge is 0.226 e. The molecule has 148 valence electrons. The van der Waals surface area contributed by atoms with Crippen molar-refractivity contribution in [1.82, 2.24) is 14.9 Å². The fourth-order valence-corrected chi connectivity index (χ4v) is 5.49. The van der Waals surface area contributed by atoms with Gasteiger partial charge >= 0.3 is 0 Å². The molecule has 3 aliphatic rings. The van der Waals surface area contributed by atoms with E-state index in [2.05, 4.69) is 10.3 Å². The van der Waals surface area contributed by atoms with Gasteiger partial charge in [0.2, 0.25) is 5.91 Å². The molecule has 0 radical (unpaired) electrons. The lowest BCUT2D eigenvalue weighted by Gasteiger charge is -2.33. The predicted molar refractivity (Wildman–Crippen MR) is 109 cm³/mol. The van der Waals surface area contributed by atoms with Crippen LogP contribution in [0.5, 0.6) is 0 Å². The van der Waals surface area contributed by atoms with Crippen molar-refractivity contribution in [2.45, 2.75) is 38.7 Å². The molecule has 0 spiro atoms. The number of amides is 1. The zero-order valence-electron chi connectivity index (χ0n) is 16.1. The van der Waals surface area contributed by atoms with E-state index < -0.39 is 0 Å². The summed E-state index contributed by atoms with van der Waals surface area (Å²) < 4.78 is 5.98. The maximum atomic E-state index is 13.0. The van der Waals surface area contributed by atoms with Crippen molar-refractivity contribution in [2.24, 2.45) is 17.8 Å². The molecule has 6 nitrogen and oxygen atoms in total. The van der Waals surface area contributed by atoms with Crippen LogP contribution in [0.4, 0.5) is 10.9 Å². The third-order valence-corrected chi connectivity index (χ3v) is 7.10. The number of morpholine rings is 1. The largest absolute Gasteiger partial charge is 0.368 e. The molecular weight excluding hydrogens is 372 g/mol. The number of fused-ring (bicyclic) bond motifs is 1. The maximum absolute atomic E-state index is 13.0. The Kier molecular flexibility index (Phi) is 4.80. The summed E-state index contributed by atoms with van der Waals surface area (Å²) in [5.74, 6) is 2.67. The van der Waals surface area contributed by atoms with Crippen molar-refractivity contribution in [1.29, 1.82) is 0 Å². The van der Waals surface area contributed by atoms with Crippen LogP contribution in [0.15, 0.2) is 24.4 Å². The summed E-state index contributed by atoms with van der Waals surface area (Å²) in [4.78, 5) is 25.3. The lowest BCUT2D eigenvalue weighted by Crippen LogP contribution is -2.43. The molecule has 1 amide bonds. The van der Waals surface area contributed by atoms with Crippen LogP contribution in [0.3, 0.4) is 0 Å². The van der Waals surface area contributed by atoms with Crippen LogP contribution in [0.2, 0.25) is 0 Å². The Morgan fingerprint density at radius 2 is 2.11 bits per heavy atom. The van der Waals surface area contributed by atoms with E-state index in [0.29, 0.717) is 37.4 Å². The van der Waals surface area contributed by atoms with Crippen LogP contribution in [-0.4, -0.2) is 40.5 Å². The molecule has 1 saturated heterocycles. The molecule has 1 N–H and O–H groups in total. The van der Waals surface area contributed by atoms with E-state index >= 15 is 0 Å². The molecule has 3 fully saturated rings. The summed E-state index contributed by atoms with van der Waals surface area (Å²) >= 11 is 1.60. The molecule has 2 saturated carbocycles. The monoisotopic (exact) mass is 398 g/mol. The average molecular weight is 399 g/mol. The summed E-state index contributed by atoms with van der Waals surface area (Å²) in [5.41, 5.74) is 0.865. The second-order valence-electron chi connectivity index (χ2n) is 8.13. The van der Waals surface area contributed by atoms with Crippen LogP contribution in [0.1, 0.15) is 42.4 Å². The molecule has 3 heterocycles. The number of hydrogen-bond acceptors (Lipinski definition) is 6. The summed E-state index contributed by atoms with van der Waals surface area (Å²) in [6, 6.07) is 5.89. The van der Waals surface area contributed by atoms with Gasteiger partial charge in [0.15, 0.2) is 5.13 Å². The first kappa shape index (κ1) is 18.1. The topological polar surface area (TPSA) is 67.4 Å². The Bertz CT molecular complexity index is 858. The number of nitrogens with zero attached hydrogens (tertiary/aromatic N) is 3. The van der Waals surface area contributed by atoms with Gasteiger partial charge in [-0.25, -0.2) is 9.97 Å². The number of nitrogens with one attached hydrogen (secondary N) is 1. The SMILES string of the molecule is Cc1cnc(Nc2cccc(C3CN(C(=O)C4C5CCCCC54)CCO3)n2)s1. The van der Waals surface area contributed by atoms with Gasteiger partial charge in [0, 0.05) is 23.5 Å². The van der Waals surface area contributed by atoms with Crippen LogP contribution in [-0.2, 0) is 9.53 Å². The number of hydrogen-bond donors (Lipinski definition) is 1. The predicted octanol–water partition coefficient (Wildman–Crippen LogP) is 3.93. The summed E-state index contributed by atoms with van der Waals surface area (Å²) in [6.07, 6.45) is 6.73. The number of aryl methyl sites for hydroxylation is 1. The highest BCUT2D eigenvalue weighted by Gasteiger charge is 2.56. The minimum absolute atomic E-state index is 0.168. The second kappa shape index (κ2) is 7.44. The number of ether oxygens (including phenoxy) is 1. The number of rotatable bonds is 4. The quantitative estimate of drug-likeness (QED) is 0.845. The third-order valence-electron chi connectivity index (χ3n) is 6.28. The van der Waals surface area contributed by atoms with Gasteiger partial charge in [0.1, 0.15) is 11.9 Å². The number of anilines is 2. The molecule has 5 rings (SSSR count). The number of pyridine rings is 1. The molecule has 2 aromatic heterocycles. The van der Waals surface area contributed by atoms with Crippen molar-refractivity contribution in [2.75, 3.05) is 25.0 Å². The molecule has 28 heavy (non-hydrogen) atoms. The Morgan fingerprint density at radius 3 is 2.86 bits per heavy atom. The Balaban J connectivity index is 1.26. The molecule has 0 bridgehead atoms. The highest BCUT2D eigenvalue weighted by Crippen LogP contribution is 2.56. The van der Waals surface area contributed by atoms with Gasteiger partial charge in [-0.15, -0.1) is 11.3 Å². The maximum Gasteiger partial charge on any atom is 0.226 e. The number of thiazole rings is 1. The van der Waals surface area contributed by atoms with Crippen molar-refractivity contribution in [3.8, 4) is 0 Å². The first-order valence-corrected chi connectivity index (χ1v) is 11.1. The van der Waals surface area contributed by atoms with Crippen molar-refractivity contribution in [3.05, 3.63) is 35.0 Å². The van der Waals surface area contributed by atoms with E-state index in [1.807, 2.05) is 36.2 Å². The van der Waals surface area contributed by atoms with E-state index in [1.165, 1.54) is 25.7 Å². The summed E-state index contributed by atoms with van der Waals surface area (Å²) in [6.45, 7) is 3.90. The van der Waals surface area contributed by atoms with Crippen LogP contribution >= 0.6 is 11.3 Å². The molecule has 3 unspecified atom stereocenters. The minimum Gasteiger partial charge on any atom is -0.368 e. The van der Waals surface area contributed by atoms with Gasteiger partial charge in [-0.2, -0.15) is 0 Å². The van der Waals surface area contributed by atoms with Gasteiger partial charge < -0.3 is 15.0 Å². The van der Waals surface area contributed by atoms with Gasteiger partial charge in [0.25, 0.3) is 0 Å². The first-order valence-electron chi connectivity index (χ1n) is 10.3. The normalized spacial score (nSPS) is 29.2. The van der Waals surface area contributed by atoms with Crippen molar-refractivity contribution in [3.63, 3.8) is 0 Å². The van der Waals surface area contributed by atoms with Gasteiger partial charge in [-0.1, -0.05) is 18.9 Å². The molecule has 7 heteroatoms. The Morgan fingerprint density at radius 1 is 1.29 bits per heavy atom. The first-order chi connectivity index (χ1) is 13.7. The Hall–Kier alpha value is -1.99. The van der Waals surface area contributed by atoms with Crippen LogP contribution in [0.25, 0.3) is 0 Å². The second-order valence-corrected chi connectivity index (χ2v) is 9.37. The van der Waals surface area contributed by atoms with Crippen molar-refractivity contribution < 1.29 is 9.53 Å². The third kappa shape index (κ3) is 3.53. The standard InChI is InChI=1S/C21H26N4O2S/c1-13-11-22-21(28-13)24-18-8-4-7-16(23-18)17-12-25(9-10-27-17)20(26)19-14-5-2-3-6-15(14)19/h4,7-8,11,14-15,17,19H,2-3,5-6,9-10,12H2,1H3,(H,22,23,24). The molecule has 2 aromatic rings. The fraction of sp³-hybridized carbons (Fsp3) is 0.571. The van der Waals surface area contributed by atoms with Crippen LogP contribution in [0, 0.1) is 24.7 Å². The van der Waals surface area contributed by atoms with Gasteiger partial charge in [0.05, 0.1) is 18.8 Å². The Labute approximate surface area is 169 Å². The zero-order chi connectivity index (χ0) is 19.1. The van der Waals surface area contributed by atoms with E-state index in [1.54, 1.807) is 11.3 Å². The van der Waals surface area contributed by atoms with E-state index in [-0.39, 0.29) is 12.0 Å². The summed E-state index contributed by atoms with van der Waals surface area (Å²) in [5, 5.41) is 4.09. The lowest BCUT2D eigenvalue weighted by atomic mass is 10.0. The number of carbonyl (C=O) groups is 1. The molecule has 0 aromatic carbocycles. The zero-order valence-corrected chi connectivity index (χ0v) is 17.0. The molecular formula is C21H26N4O2S. The minimum atomic E-state index is -0.168. The molecule has 2 aliphatic carbocycles.